The molecule has 3 aromatic rings. The first kappa shape index (κ1) is 28.5. The van der Waals surface area contributed by atoms with Crippen LogP contribution < -0.4 is 19.1 Å². The van der Waals surface area contributed by atoms with E-state index in [1.54, 1.807) is 31.2 Å². The number of likely N-dealkylation sites (N-methyl/N-ethyl adjacent to an activating group) is 1. The van der Waals surface area contributed by atoms with E-state index < -0.39 is 28.5 Å². The molecule has 0 radical (unpaired) electrons. The maximum Gasteiger partial charge on any atom is 0.264 e. The van der Waals surface area contributed by atoms with Crippen molar-refractivity contribution in [2.24, 2.45) is 0 Å². The minimum atomic E-state index is -4.22. The van der Waals surface area contributed by atoms with E-state index in [4.69, 9.17) is 9.47 Å². The predicted octanol–water partition coefficient (Wildman–Crippen LogP) is 3.45. The monoisotopic (exact) mass is 539 g/mol. The van der Waals surface area contributed by atoms with E-state index in [9.17, 15) is 18.0 Å². The van der Waals surface area contributed by atoms with Gasteiger partial charge in [0.05, 0.1) is 24.8 Å². The van der Waals surface area contributed by atoms with Gasteiger partial charge in [-0.1, -0.05) is 49.4 Å². The number of sulfonamides is 1. The number of hydrogen-bond donors (Lipinski definition) is 1. The summed E-state index contributed by atoms with van der Waals surface area (Å²) in [6.45, 7) is 1.39. The normalized spacial score (nSPS) is 11.8. The first-order valence-electron chi connectivity index (χ1n) is 12.1. The molecule has 1 atom stereocenters. The number of nitrogens with one attached hydrogen (secondary N) is 1. The molecular formula is C28H33N3O6S. The van der Waals surface area contributed by atoms with Crippen LogP contribution in [0.25, 0.3) is 0 Å². The molecule has 0 aromatic heterocycles. The third kappa shape index (κ3) is 6.44. The first-order valence-corrected chi connectivity index (χ1v) is 13.6. The second-order valence-corrected chi connectivity index (χ2v) is 10.3. The van der Waals surface area contributed by atoms with Crippen LogP contribution in [0.2, 0.25) is 0 Å². The average molecular weight is 540 g/mol. The number of hydrogen-bond acceptors (Lipinski definition) is 6. The van der Waals surface area contributed by atoms with Crippen LogP contribution in [0.1, 0.15) is 18.9 Å². The summed E-state index contributed by atoms with van der Waals surface area (Å²) in [4.78, 5) is 28.0. The predicted molar refractivity (Wildman–Crippen MR) is 146 cm³/mol. The van der Waals surface area contributed by atoms with Crippen LogP contribution in [0.3, 0.4) is 0 Å². The van der Waals surface area contributed by atoms with Gasteiger partial charge < -0.3 is 19.7 Å². The molecule has 0 saturated carbocycles. The number of para-hydroxylation sites is 2. The Hall–Kier alpha value is -4.05. The Labute approximate surface area is 224 Å². The van der Waals surface area contributed by atoms with Gasteiger partial charge in [-0.15, -0.1) is 0 Å². The summed E-state index contributed by atoms with van der Waals surface area (Å²) in [5, 5.41) is 2.61. The number of carbonyl (C=O) groups is 2. The molecule has 0 spiro atoms. The summed E-state index contributed by atoms with van der Waals surface area (Å²) >= 11 is 0. The Bertz CT molecular complexity index is 1330. The molecule has 10 heteroatoms. The van der Waals surface area contributed by atoms with Crippen molar-refractivity contribution < 1.29 is 27.5 Å². The van der Waals surface area contributed by atoms with Gasteiger partial charge >= 0.3 is 0 Å². The molecule has 0 saturated heterocycles. The molecule has 38 heavy (non-hydrogen) atoms. The van der Waals surface area contributed by atoms with Crippen LogP contribution in [0.4, 0.5) is 5.69 Å². The van der Waals surface area contributed by atoms with Crippen LogP contribution in [-0.2, 0) is 26.2 Å². The molecule has 3 aromatic carbocycles. The zero-order valence-electron chi connectivity index (χ0n) is 22.0. The van der Waals surface area contributed by atoms with E-state index in [1.807, 2.05) is 30.3 Å². The smallest absolute Gasteiger partial charge is 0.264 e. The standard InChI is InChI=1S/C28H33N3O6S/c1-5-24(28(33)29-2)30(19-21-11-7-6-8-12-21)27(32)20-31(25-13-9-10-14-26(25)37-4)38(34,35)23-17-15-22(36-3)16-18-23/h6-18,24H,5,19-20H2,1-4H3,(H,29,33)/t24-/m1/s1. The van der Waals surface area contributed by atoms with Gasteiger partial charge in [-0.3, -0.25) is 13.9 Å². The van der Waals surface area contributed by atoms with Gasteiger partial charge in [-0.2, -0.15) is 0 Å². The fourth-order valence-corrected chi connectivity index (χ4v) is 5.51. The summed E-state index contributed by atoms with van der Waals surface area (Å²) in [6.07, 6.45) is 0.345. The maximum atomic E-state index is 13.9. The Balaban J connectivity index is 2.09. The molecule has 0 heterocycles. The molecule has 202 valence electrons. The average Bonchev–Trinajstić information content (AvgIpc) is 2.95. The molecular weight excluding hydrogens is 506 g/mol. The highest BCUT2D eigenvalue weighted by Crippen LogP contribution is 2.33. The van der Waals surface area contributed by atoms with Crippen LogP contribution in [0.15, 0.2) is 83.8 Å². The Morgan fingerprint density at radius 1 is 0.895 bits per heavy atom. The molecule has 1 N–H and O–H groups in total. The van der Waals surface area contributed by atoms with Crippen molar-refractivity contribution >= 4 is 27.5 Å². The molecule has 0 fully saturated rings. The van der Waals surface area contributed by atoms with Crippen molar-refractivity contribution in [2.45, 2.75) is 30.8 Å². The van der Waals surface area contributed by atoms with Crippen LogP contribution in [0, 0.1) is 0 Å². The number of carbonyl (C=O) groups excluding carboxylic acids is 2. The van der Waals surface area contributed by atoms with Gasteiger partial charge in [-0.25, -0.2) is 8.42 Å². The Morgan fingerprint density at radius 3 is 2.11 bits per heavy atom. The molecule has 0 aliphatic heterocycles. The molecule has 0 aliphatic rings. The van der Waals surface area contributed by atoms with Gasteiger partial charge in [0.25, 0.3) is 10.0 Å². The van der Waals surface area contributed by atoms with Crippen molar-refractivity contribution in [3.63, 3.8) is 0 Å². The summed E-state index contributed by atoms with van der Waals surface area (Å²) in [7, 11) is 0.201. The zero-order valence-corrected chi connectivity index (χ0v) is 22.8. The van der Waals surface area contributed by atoms with Crippen LogP contribution in [-0.4, -0.2) is 59.0 Å². The van der Waals surface area contributed by atoms with Gasteiger partial charge in [-0.05, 0) is 48.4 Å². The molecule has 3 rings (SSSR count). The van der Waals surface area contributed by atoms with Crippen molar-refractivity contribution in [3.05, 3.63) is 84.4 Å². The summed E-state index contributed by atoms with van der Waals surface area (Å²) in [6, 6.07) is 20.9. The lowest BCUT2D eigenvalue weighted by Gasteiger charge is -2.33. The van der Waals surface area contributed by atoms with Crippen molar-refractivity contribution in [1.82, 2.24) is 10.2 Å². The molecule has 0 aliphatic carbocycles. The van der Waals surface area contributed by atoms with E-state index in [1.165, 1.54) is 50.4 Å². The topological polar surface area (TPSA) is 105 Å². The number of nitrogens with zero attached hydrogens (tertiary/aromatic N) is 2. The van der Waals surface area contributed by atoms with E-state index in [0.29, 0.717) is 12.2 Å². The molecule has 9 nitrogen and oxygen atoms in total. The van der Waals surface area contributed by atoms with Crippen molar-refractivity contribution in [2.75, 3.05) is 32.1 Å². The zero-order chi connectivity index (χ0) is 27.7. The number of benzene rings is 3. The number of amides is 2. The fraction of sp³-hybridized carbons (Fsp3) is 0.286. The minimum absolute atomic E-state index is 0.0232. The highest BCUT2D eigenvalue weighted by molar-refractivity contribution is 7.92. The number of ether oxygens (including phenoxy) is 2. The second-order valence-electron chi connectivity index (χ2n) is 8.40. The fourth-order valence-electron chi connectivity index (χ4n) is 4.09. The van der Waals surface area contributed by atoms with Gasteiger partial charge in [0.1, 0.15) is 24.1 Å². The van der Waals surface area contributed by atoms with Crippen LogP contribution in [0.5, 0.6) is 11.5 Å². The third-order valence-corrected chi connectivity index (χ3v) is 7.88. The summed E-state index contributed by atoms with van der Waals surface area (Å²) in [5.41, 5.74) is 1.01. The van der Waals surface area contributed by atoms with Crippen LogP contribution >= 0.6 is 0 Å². The minimum Gasteiger partial charge on any atom is -0.497 e. The van der Waals surface area contributed by atoms with Gasteiger partial charge in [0, 0.05) is 13.6 Å². The van der Waals surface area contributed by atoms with E-state index in [-0.39, 0.29) is 28.8 Å². The number of rotatable bonds is 12. The quantitative estimate of drug-likeness (QED) is 0.378. The molecule has 0 bridgehead atoms. The lowest BCUT2D eigenvalue weighted by Crippen LogP contribution is -2.51. The highest BCUT2D eigenvalue weighted by atomic mass is 32.2. The molecule has 0 unspecified atom stereocenters. The number of anilines is 1. The Morgan fingerprint density at radius 2 is 1.53 bits per heavy atom. The second kappa shape index (κ2) is 13.0. The van der Waals surface area contributed by atoms with E-state index >= 15 is 0 Å². The van der Waals surface area contributed by atoms with Crippen molar-refractivity contribution in [1.29, 1.82) is 0 Å². The van der Waals surface area contributed by atoms with E-state index in [2.05, 4.69) is 5.32 Å². The SMILES string of the molecule is CC[C@H](C(=O)NC)N(Cc1ccccc1)C(=O)CN(c1ccccc1OC)S(=O)(=O)c1ccc(OC)cc1. The summed E-state index contributed by atoms with van der Waals surface area (Å²) < 4.78 is 39.5. The van der Waals surface area contributed by atoms with Gasteiger partial charge in [0.15, 0.2) is 0 Å². The highest BCUT2D eigenvalue weighted by Gasteiger charge is 2.34. The molecule has 2 amide bonds. The number of methoxy groups -OCH3 is 2. The van der Waals surface area contributed by atoms with Gasteiger partial charge in [0.2, 0.25) is 11.8 Å². The van der Waals surface area contributed by atoms with Crippen molar-refractivity contribution in [3.8, 4) is 11.5 Å². The van der Waals surface area contributed by atoms with E-state index in [0.717, 1.165) is 9.87 Å². The maximum absolute atomic E-state index is 13.9. The first-order chi connectivity index (χ1) is 18.3. The largest absolute Gasteiger partial charge is 0.497 e. The Kier molecular flexibility index (Phi) is 9.72. The third-order valence-electron chi connectivity index (χ3n) is 6.11. The lowest BCUT2D eigenvalue weighted by molar-refractivity contribution is -0.140. The summed E-state index contributed by atoms with van der Waals surface area (Å²) in [5.74, 6) is -0.0921. The lowest BCUT2D eigenvalue weighted by atomic mass is 10.1.